The Kier molecular flexibility index (Phi) is 6.93. The normalized spacial score (nSPS) is 13.8. The highest BCUT2D eigenvalue weighted by Gasteiger charge is 2.34. The number of fused-ring (bicyclic) bond motifs is 1. The number of ether oxygens (including phenoxy) is 3. The molecule has 0 aliphatic carbocycles. The number of likely N-dealkylation sites (tertiary alicyclic amines) is 1. The first kappa shape index (κ1) is 24.5. The molecule has 9 nitrogen and oxygen atoms in total. The summed E-state index contributed by atoms with van der Waals surface area (Å²) in [6, 6.07) is 11.4. The molecule has 10 heteroatoms. The number of pyridine rings is 1. The molecule has 1 aliphatic heterocycles. The average molecular weight is 498 g/mol. The van der Waals surface area contributed by atoms with Crippen molar-refractivity contribution in [2.75, 3.05) is 25.5 Å². The Morgan fingerprint density at radius 2 is 1.89 bits per heavy atom. The number of esters is 1. The molecule has 0 saturated carbocycles. The minimum atomic E-state index is -0.694. The molecule has 4 rings (SSSR count). The van der Waals surface area contributed by atoms with Gasteiger partial charge in [0, 0.05) is 25.2 Å². The minimum absolute atomic E-state index is 0.0992. The van der Waals surface area contributed by atoms with Gasteiger partial charge in [-0.25, -0.2) is 14.4 Å². The maximum atomic E-state index is 12.3. The quantitative estimate of drug-likeness (QED) is 0.383. The van der Waals surface area contributed by atoms with Crippen LogP contribution in [0.3, 0.4) is 0 Å². The van der Waals surface area contributed by atoms with E-state index in [0.29, 0.717) is 18.6 Å². The predicted octanol–water partition coefficient (Wildman–Crippen LogP) is 5.17. The molecule has 2 aromatic heterocycles. The molecule has 0 radical (unpaired) electrons. The number of rotatable bonds is 5. The van der Waals surface area contributed by atoms with Crippen LogP contribution in [0.1, 0.15) is 47.5 Å². The van der Waals surface area contributed by atoms with Crippen molar-refractivity contribution in [3.05, 3.63) is 58.6 Å². The Morgan fingerprint density at radius 3 is 2.54 bits per heavy atom. The summed E-state index contributed by atoms with van der Waals surface area (Å²) in [5, 5.41) is 2.65. The molecular formula is C25H27N3O6S. The van der Waals surface area contributed by atoms with Crippen LogP contribution >= 0.6 is 11.3 Å². The summed E-state index contributed by atoms with van der Waals surface area (Å²) in [4.78, 5) is 43.4. The molecular weight excluding hydrogens is 470 g/mol. The van der Waals surface area contributed by atoms with E-state index in [1.54, 1.807) is 31.9 Å². The standard InChI is InChI=1S/C25H27N3O6S/c1-25(2,3)34-23(30)27-20-19-18(35-21(20)22(29)32-4)10-16(11-26-19)17-12-28(13-17)24(31)33-14-15-8-6-5-7-9-15/h5-11,17H,12-14H2,1-4H3,(H,27,30). The number of nitrogens with one attached hydrogen (secondary N) is 1. The fraction of sp³-hybridized carbons (Fsp3) is 0.360. The zero-order valence-corrected chi connectivity index (χ0v) is 20.8. The zero-order chi connectivity index (χ0) is 25.2. The third-order valence-corrected chi connectivity index (χ3v) is 6.47. The summed E-state index contributed by atoms with van der Waals surface area (Å²) < 4.78 is 16.3. The number of methoxy groups -OCH3 is 1. The van der Waals surface area contributed by atoms with Crippen molar-refractivity contribution in [2.24, 2.45) is 0 Å². The fourth-order valence-electron chi connectivity index (χ4n) is 3.62. The molecule has 3 heterocycles. The summed E-state index contributed by atoms with van der Waals surface area (Å²) in [5.74, 6) is -0.473. The lowest BCUT2D eigenvalue weighted by atomic mass is 9.93. The summed E-state index contributed by atoms with van der Waals surface area (Å²) in [7, 11) is 1.28. The fourth-order valence-corrected chi connectivity index (χ4v) is 4.71. The lowest BCUT2D eigenvalue weighted by Crippen LogP contribution is -2.48. The maximum Gasteiger partial charge on any atom is 0.412 e. The van der Waals surface area contributed by atoms with Gasteiger partial charge in [-0.1, -0.05) is 30.3 Å². The molecule has 1 N–H and O–H groups in total. The smallest absolute Gasteiger partial charge is 0.412 e. The molecule has 1 aromatic carbocycles. The van der Waals surface area contributed by atoms with E-state index >= 15 is 0 Å². The second-order valence-corrected chi connectivity index (χ2v) is 10.2. The first-order chi connectivity index (χ1) is 16.6. The molecule has 0 spiro atoms. The number of benzene rings is 1. The van der Waals surface area contributed by atoms with Gasteiger partial charge in [0.2, 0.25) is 0 Å². The third-order valence-electron chi connectivity index (χ3n) is 5.36. The second kappa shape index (κ2) is 9.91. The molecule has 0 bridgehead atoms. The van der Waals surface area contributed by atoms with Crippen molar-refractivity contribution in [1.82, 2.24) is 9.88 Å². The van der Waals surface area contributed by atoms with E-state index in [1.165, 1.54) is 18.4 Å². The van der Waals surface area contributed by atoms with Crippen LogP contribution in [0.25, 0.3) is 10.2 Å². The second-order valence-electron chi connectivity index (χ2n) is 9.18. The van der Waals surface area contributed by atoms with E-state index in [9.17, 15) is 14.4 Å². The minimum Gasteiger partial charge on any atom is -0.465 e. The van der Waals surface area contributed by atoms with E-state index in [2.05, 4.69) is 10.3 Å². The van der Waals surface area contributed by atoms with Gasteiger partial charge in [0.15, 0.2) is 0 Å². The van der Waals surface area contributed by atoms with Gasteiger partial charge < -0.3 is 19.1 Å². The van der Waals surface area contributed by atoms with Crippen LogP contribution in [-0.4, -0.2) is 53.8 Å². The summed E-state index contributed by atoms with van der Waals surface area (Å²) in [5.41, 5.74) is 1.91. The number of thiophene rings is 1. The lowest BCUT2D eigenvalue weighted by molar-refractivity contribution is 0.0606. The van der Waals surface area contributed by atoms with Gasteiger partial charge in [-0.2, -0.15) is 0 Å². The number of nitrogens with zero attached hydrogens (tertiary/aromatic N) is 2. The molecule has 1 aliphatic rings. The summed E-state index contributed by atoms with van der Waals surface area (Å²) >= 11 is 1.18. The van der Waals surface area contributed by atoms with E-state index < -0.39 is 17.7 Å². The number of aromatic nitrogens is 1. The number of carbonyl (C=O) groups is 3. The van der Waals surface area contributed by atoms with Gasteiger partial charge in [0.05, 0.1) is 17.5 Å². The van der Waals surface area contributed by atoms with Crippen LogP contribution in [0.4, 0.5) is 15.3 Å². The van der Waals surface area contributed by atoms with Gasteiger partial charge >= 0.3 is 18.2 Å². The maximum absolute atomic E-state index is 12.3. The zero-order valence-electron chi connectivity index (χ0n) is 20.0. The predicted molar refractivity (Wildman–Crippen MR) is 132 cm³/mol. The van der Waals surface area contributed by atoms with Crippen LogP contribution in [-0.2, 0) is 20.8 Å². The van der Waals surface area contributed by atoms with Crippen molar-refractivity contribution in [2.45, 2.75) is 38.9 Å². The van der Waals surface area contributed by atoms with Gasteiger partial charge in [-0.05, 0) is 38.0 Å². The highest BCUT2D eigenvalue weighted by Crippen LogP contribution is 2.38. The van der Waals surface area contributed by atoms with Crippen LogP contribution in [0, 0.1) is 0 Å². The monoisotopic (exact) mass is 497 g/mol. The van der Waals surface area contributed by atoms with Gasteiger partial charge in [0.1, 0.15) is 22.6 Å². The molecule has 1 fully saturated rings. The number of anilines is 1. The first-order valence-corrected chi connectivity index (χ1v) is 11.9. The SMILES string of the molecule is COC(=O)c1sc2cc(C3CN(C(=O)OCc4ccccc4)C3)cnc2c1NC(=O)OC(C)(C)C. The van der Waals surface area contributed by atoms with Crippen molar-refractivity contribution in [3.63, 3.8) is 0 Å². The Balaban J connectivity index is 1.45. The number of hydrogen-bond acceptors (Lipinski definition) is 8. The van der Waals surface area contributed by atoms with Crippen molar-refractivity contribution in [3.8, 4) is 0 Å². The molecule has 35 heavy (non-hydrogen) atoms. The van der Waals surface area contributed by atoms with E-state index in [1.807, 2.05) is 36.4 Å². The third kappa shape index (κ3) is 5.71. The molecule has 1 saturated heterocycles. The van der Waals surface area contributed by atoms with Crippen LogP contribution in [0.2, 0.25) is 0 Å². The van der Waals surface area contributed by atoms with Crippen LogP contribution in [0.15, 0.2) is 42.6 Å². The van der Waals surface area contributed by atoms with E-state index in [-0.39, 0.29) is 29.2 Å². The molecule has 184 valence electrons. The summed E-state index contributed by atoms with van der Waals surface area (Å²) in [6.45, 7) is 6.52. The van der Waals surface area contributed by atoms with Crippen LogP contribution < -0.4 is 5.32 Å². The molecule has 2 amide bonds. The van der Waals surface area contributed by atoms with E-state index in [0.717, 1.165) is 15.8 Å². The van der Waals surface area contributed by atoms with Crippen molar-refractivity contribution < 1.29 is 28.6 Å². The topological polar surface area (TPSA) is 107 Å². The molecule has 3 aromatic rings. The Morgan fingerprint density at radius 1 is 1.17 bits per heavy atom. The average Bonchev–Trinajstić information content (AvgIpc) is 3.13. The first-order valence-electron chi connectivity index (χ1n) is 11.1. The lowest BCUT2D eigenvalue weighted by Gasteiger charge is -2.38. The number of carbonyl (C=O) groups excluding carboxylic acids is 3. The summed E-state index contributed by atoms with van der Waals surface area (Å²) in [6.07, 6.45) is 0.664. The van der Waals surface area contributed by atoms with Crippen LogP contribution in [0.5, 0.6) is 0 Å². The Bertz CT molecular complexity index is 1250. The molecule has 0 atom stereocenters. The van der Waals surface area contributed by atoms with Crippen molar-refractivity contribution in [1.29, 1.82) is 0 Å². The highest BCUT2D eigenvalue weighted by atomic mass is 32.1. The van der Waals surface area contributed by atoms with Gasteiger partial charge in [0.25, 0.3) is 0 Å². The Hall–Kier alpha value is -3.66. The number of amides is 2. The van der Waals surface area contributed by atoms with E-state index in [4.69, 9.17) is 14.2 Å². The highest BCUT2D eigenvalue weighted by molar-refractivity contribution is 7.21. The largest absolute Gasteiger partial charge is 0.465 e. The Labute approximate surface area is 207 Å². The van der Waals surface area contributed by atoms with Crippen molar-refractivity contribution >= 4 is 45.4 Å². The van der Waals surface area contributed by atoms with Gasteiger partial charge in [-0.3, -0.25) is 10.3 Å². The molecule has 0 unspecified atom stereocenters. The van der Waals surface area contributed by atoms with Gasteiger partial charge in [-0.15, -0.1) is 11.3 Å². The number of hydrogen-bond donors (Lipinski definition) is 1.